The minimum atomic E-state index is -0.932. The van der Waals surface area contributed by atoms with E-state index >= 15 is 0 Å². The molecule has 3 rings (SSSR count). The van der Waals surface area contributed by atoms with Gasteiger partial charge in [-0.1, -0.05) is 24.3 Å². The van der Waals surface area contributed by atoms with E-state index in [1.54, 1.807) is 12.1 Å². The van der Waals surface area contributed by atoms with Crippen molar-refractivity contribution >= 4 is 22.8 Å². The molecule has 27 heavy (non-hydrogen) atoms. The molecule has 0 bridgehead atoms. The molecule has 0 fully saturated rings. The Hall–Kier alpha value is -3.15. The Morgan fingerprint density at radius 3 is 2.67 bits per heavy atom. The molecule has 0 aliphatic rings. The van der Waals surface area contributed by atoms with Crippen LogP contribution in [0.3, 0.4) is 0 Å². The van der Waals surface area contributed by atoms with Crippen LogP contribution in [0.15, 0.2) is 53.1 Å². The van der Waals surface area contributed by atoms with Crippen LogP contribution >= 0.6 is 0 Å². The second kappa shape index (κ2) is 8.03. The maximum Gasteiger partial charge on any atom is 0.311 e. The van der Waals surface area contributed by atoms with Crippen molar-refractivity contribution in [1.29, 1.82) is 0 Å². The number of benzene rings is 2. The minimum Gasteiger partial charge on any atom is -0.464 e. The first-order valence-corrected chi connectivity index (χ1v) is 8.61. The van der Waals surface area contributed by atoms with Crippen LogP contribution in [-0.2, 0) is 27.3 Å². The van der Waals surface area contributed by atoms with Crippen LogP contribution in [0.25, 0.3) is 11.0 Å². The van der Waals surface area contributed by atoms with Crippen molar-refractivity contribution in [3.05, 3.63) is 71.2 Å². The van der Waals surface area contributed by atoms with Crippen LogP contribution in [0.4, 0.5) is 4.39 Å². The number of rotatable bonds is 6. The normalized spacial score (nSPS) is 12.0. The molecule has 3 aromatic rings. The van der Waals surface area contributed by atoms with Gasteiger partial charge in [0.25, 0.3) is 5.91 Å². The van der Waals surface area contributed by atoms with E-state index in [9.17, 15) is 14.0 Å². The predicted molar refractivity (Wildman–Crippen MR) is 98.5 cm³/mol. The quantitative estimate of drug-likeness (QED) is 0.673. The van der Waals surface area contributed by atoms with Crippen LogP contribution in [0, 0.1) is 12.7 Å². The number of furan rings is 1. The number of carbonyl (C=O) groups excluding carboxylic acids is 2. The summed E-state index contributed by atoms with van der Waals surface area (Å²) >= 11 is 0. The Morgan fingerprint density at radius 2 is 1.93 bits per heavy atom. The lowest BCUT2D eigenvalue weighted by molar-refractivity contribution is -0.154. The largest absolute Gasteiger partial charge is 0.464 e. The van der Waals surface area contributed by atoms with Gasteiger partial charge >= 0.3 is 5.97 Å². The summed E-state index contributed by atoms with van der Waals surface area (Å²) in [4.78, 5) is 24.3. The van der Waals surface area contributed by atoms with E-state index in [-0.39, 0.29) is 18.8 Å². The smallest absolute Gasteiger partial charge is 0.311 e. The fourth-order valence-corrected chi connectivity index (χ4v) is 2.71. The van der Waals surface area contributed by atoms with Gasteiger partial charge in [0, 0.05) is 17.5 Å². The average molecular weight is 369 g/mol. The van der Waals surface area contributed by atoms with E-state index in [0.29, 0.717) is 11.1 Å². The summed E-state index contributed by atoms with van der Waals surface area (Å²) < 4.78 is 23.6. The molecule has 2 aromatic carbocycles. The Morgan fingerprint density at radius 1 is 1.19 bits per heavy atom. The minimum absolute atomic E-state index is 0.0195. The lowest BCUT2D eigenvalue weighted by atomic mass is 10.1. The molecule has 1 heterocycles. The van der Waals surface area contributed by atoms with E-state index in [1.165, 1.54) is 25.3 Å². The van der Waals surface area contributed by atoms with Crippen molar-refractivity contribution in [2.45, 2.75) is 32.9 Å². The molecule has 1 amide bonds. The molecule has 1 N–H and O–H groups in total. The maximum atomic E-state index is 12.9. The standard InChI is InChI=1S/C21H20FNO4/c1-13-3-8-18-16(12-26-19(18)9-13)10-20(24)27-14(2)21(25)23-11-15-4-6-17(22)7-5-15/h3-9,12,14H,10-11H2,1-2H3,(H,23,25). The molecule has 1 unspecified atom stereocenters. The van der Waals surface area contributed by atoms with E-state index in [2.05, 4.69) is 5.32 Å². The molecule has 0 spiro atoms. The Balaban J connectivity index is 1.53. The first kappa shape index (κ1) is 18.6. The van der Waals surface area contributed by atoms with E-state index in [1.807, 2.05) is 25.1 Å². The number of carbonyl (C=O) groups is 2. The summed E-state index contributed by atoms with van der Waals surface area (Å²) in [5.41, 5.74) is 3.25. The van der Waals surface area contributed by atoms with Gasteiger partial charge in [-0.15, -0.1) is 0 Å². The SMILES string of the molecule is Cc1ccc2c(CC(=O)OC(C)C(=O)NCc3ccc(F)cc3)coc2c1. The third-order valence-electron chi connectivity index (χ3n) is 4.20. The van der Waals surface area contributed by atoms with Gasteiger partial charge in [-0.3, -0.25) is 9.59 Å². The van der Waals surface area contributed by atoms with E-state index in [4.69, 9.17) is 9.15 Å². The molecular formula is C21H20FNO4. The molecule has 0 radical (unpaired) electrons. The average Bonchev–Trinajstić information content (AvgIpc) is 3.02. The summed E-state index contributed by atoms with van der Waals surface area (Å²) in [5, 5.41) is 3.51. The molecule has 1 atom stereocenters. The summed E-state index contributed by atoms with van der Waals surface area (Å²) in [7, 11) is 0. The van der Waals surface area contributed by atoms with Gasteiger partial charge in [-0.25, -0.2) is 4.39 Å². The zero-order valence-corrected chi connectivity index (χ0v) is 15.1. The van der Waals surface area contributed by atoms with Crippen LogP contribution < -0.4 is 5.32 Å². The topological polar surface area (TPSA) is 68.5 Å². The third-order valence-corrected chi connectivity index (χ3v) is 4.20. The molecule has 0 aliphatic heterocycles. The number of esters is 1. The molecular weight excluding hydrogens is 349 g/mol. The first-order chi connectivity index (χ1) is 12.9. The van der Waals surface area contributed by atoms with E-state index < -0.39 is 18.0 Å². The van der Waals surface area contributed by atoms with Gasteiger partial charge in [-0.05, 0) is 43.2 Å². The molecule has 0 saturated heterocycles. The summed E-state index contributed by atoms with van der Waals surface area (Å²) in [6.07, 6.45) is 0.620. The number of ether oxygens (including phenoxy) is 1. The fraction of sp³-hybridized carbons (Fsp3) is 0.238. The maximum absolute atomic E-state index is 12.9. The number of hydrogen-bond acceptors (Lipinski definition) is 4. The highest BCUT2D eigenvalue weighted by Crippen LogP contribution is 2.23. The van der Waals surface area contributed by atoms with Gasteiger partial charge in [0.15, 0.2) is 6.10 Å². The number of hydrogen-bond donors (Lipinski definition) is 1. The van der Waals surface area contributed by atoms with Crippen LogP contribution in [0.1, 0.15) is 23.6 Å². The third kappa shape index (κ3) is 4.73. The Labute approximate surface area is 156 Å². The second-order valence-electron chi connectivity index (χ2n) is 6.41. The molecule has 0 saturated carbocycles. The summed E-state index contributed by atoms with van der Waals surface area (Å²) in [6.45, 7) is 3.70. The van der Waals surface area contributed by atoms with Crippen LogP contribution in [0.5, 0.6) is 0 Å². The molecule has 140 valence electrons. The van der Waals surface area contributed by atoms with Crippen molar-refractivity contribution < 1.29 is 23.1 Å². The monoisotopic (exact) mass is 369 g/mol. The first-order valence-electron chi connectivity index (χ1n) is 8.61. The number of fused-ring (bicyclic) bond motifs is 1. The summed E-state index contributed by atoms with van der Waals surface area (Å²) in [6, 6.07) is 11.5. The van der Waals surface area contributed by atoms with E-state index in [0.717, 1.165) is 16.5 Å². The lowest BCUT2D eigenvalue weighted by Crippen LogP contribution is -2.35. The number of aryl methyl sites for hydroxylation is 1. The molecule has 5 nitrogen and oxygen atoms in total. The van der Waals surface area contributed by atoms with Gasteiger partial charge in [0.1, 0.15) is 11.4 Å². The zero-order valence-electron chi connectivity index (χ0n) is 15.1. The predicted octanol–water partition coefficient (Wildman–Crippen LogP) is 3.67. The van der Waals surface area contributed by atoms with Crippen molar-refractivity contribution in [2.24, 2.45) is 0 Å². The van der Waals surface area contributed by atoms with Crippen molar-refractivity contribution in [3.63, 3.8) is 0 Å². The Kier molecular flexibility index (Phi) is 5.54. The fourth-order valence-electron chi connectivity index (χ4n) is 2.71. The molecule has 6 heteroatoms. The summed E-state index contributed by atoms with van der Waals surface area (Å²) in [5.74, 6) is -1.27. The highest BCUT2D eigenvalue weighted by molar-refractivity contribution is 5.88. The zero-order chi connectivity index (χ0) is 19.4. The van der Waals surface area contributed by atoms with Crippen LogP contribution in [-0.4, -0.2) is 18.0 Å². The van der Waals surface area contributed by atoms with Crippen molar-refractivity contribution in [3.8, 4) is 0 Å². The molecule has 0 aliphatic carbocycles. The van der Waals surface area contributed by atoms with Gasteiger partial charge < -0.3 is 14.5 Å². The van der Waals surface area contributed by atoms with Crippen molar-refractivity contribution in [2.75, 3.05) is 0 Å². The highest BCUT2D eigenvalue weighted by Gasteiger charge is 2.19. The van der Waals surface area contributed by atoms with Gasteiger partial charge in [0.05, 0.1) is 12.7 Å². The highest BCUT2D eigenvalue weighted by atomic mass is 19.1. The molecule has 1 aromatic heterocycles. The second-order valence-corrected chi connectivity index (χ2v) is 6.41. The Bertz CT molecular complexity index is 962. The lowest BCUT2D eigenvalue weighted by Gasteiger charge is -2.13. The van der Waals surface area contributed by atoms with Gasteiger partial charge in [0.2, 0.25) is 0 Å². The van der Waals surface area contributed by atoms with Crippen LogP contribution in [0.2, 0.25) is 0 Å². The number of nitrogens with one attached hydrogen (secondary N) is 1. The van der Waals surface area contributed by atoms with Crippen molar-refractivity contribution in [1.82, 2.24) is 5.32 Å². The number of amides is 1. The number of halogens is 1. The van der Waals surface area contributed by atoms with Gasteiger partial charge in [-0.2, -0.15) is 0 Å².